The smallest absolute Gasteiger partial charge is 0.408 e. The normalized spacial score (nSPS) is 20.4. The van der Waals surface area contributed by atoms with Gasteiger partial charge in [0.05, 0.1) is 11.9 Å². The minimum atomic E-state index is -0.883. The van der Waals surface area contributed by atoms with Crippen molar-refractivity contribution < 1.29 is 28.7 Å². The van der Waals surface area contributed by atoms with Gasteiger partial charge in [0.25, 0.3) is 0 Å². The van der Waals surface area contributed by atoms with Crippen LogP contribution in [0.2, 0.25) is 0 Å². The number of ether oxygens (including phenoxy) is 1. The molecule has 1 aromatic carbocycles. The number of nitrogens with one attached hydrogen (secondary N) is 2. The third-order valence-corrected chi connectivity index (χ3v) is 7.79. The van der Waals surface area contributed by atoms with Crippen LogP contribution in [-0.4, -0.2) is 82.5 Å². The highest BCUT2D eigenvalue weighted by atomic mass is 35.5. The lowest BCUT2D eigenvalue weighted by Gasteiger charge is -2.33. The largest absolute Gasteiger partial charge is 0.445 e. The van der Waals surface area contributed by atoms with Crippen LogP contribution in [0.5, 0.6) is 0 Å². The molecule has 1 aromatic rings. The van der Waals surface area contributed by atoms with Crippen molar-refractivity contribution in [3.63, 3.8) is 0 Å². The van der Waals surface area contributed by atoms with Gasteiger partial charge in [0.1, 0.15) is 24.7 Å². The first-order valence-electron chi connectivity index (χ1n) is 14.0. The topological polar surface area (TPSA) is 125 Å². The van der Waals surface area contributed by atoms with Gasteiger partial charge in [0, 0.05) is 13.1 Å². The van der Waals surface area contributed by atoms with E-state index in [0.717, 1.165) is 5.56 Å². The van der Waals surface area contributed by atoms with E-state index in [4.69, 9.17) is 16.3 Å². The number of ketones is 1. The van der Waals surface area contributed by atoms with Crippen LogP contribution >= 0.6 is 11.6 Å². The summed E-state index contributed by atoms with van der Waals surface area (Å²) in [5.74, 6) is -1.98. The molecule has 2 N–H and O–H groups in total. The van der Waals surface area contributed by atoms with Gasteiger partial charge in [0.15, 0.2) is 5.78 Å². The summed E-state index contributed by atoms with van der Waals surface area (Å²) >= 11 is 5.76. The van der Waals surface area contributed by atoms with Gasteiger partial charge in [-0.1, -0.05) is 58.0 Å². The maximum atomic E-state index is 13.6. The summed E-state index contributed by atoms with van der Waals surface area (Å²) in [5.41, 5.74) is 0.822. The summed E-state index contributed by atoms with van der Waals surface area (Å²) in [6, 6.07) is 6.14. The number of hydrogen-bond acceptors (Lipinski definition) is 6. The van der Waals surface area contributed by atoms with E-state index < -0.39 is 36.2 Å². The molecule has 3 rings (SSSR count). The van der Waals surface area contributed by atoms with Crippen LogP contribution in [0.25, 0.3) is 0 Å². The first-order chi connectivity index (χ1) is 19.0. The molecular weight excluding hydrogens is 536 g/mol. The molecular formula is C29H41ClN4O6. The zero-order chi connectivity index (χ0) is 29.4. The summed E-state index contributed by atoms with van der Waals surface area (Å²) in [6.45, 7) is 8.14. The third-order valence-electron chi connectivity index (χ3n) is 7.53. The van der Waals surface area contributed by atoms with Crippen LogP contribution in [0.1, 0.15) is 58.9 Å². The van der Waals surface area contributed by atoms with E-state index in [1.54, 1.807) is 0 Å². The number of carbonyl (C=O) groups is 5. The molecule has 2 aliphatic heterocycles. The summed E-state index contributed by atoms with van der Waals surface area (Å²) < 4.78 is 5.31. The van der Waals surface area contributed by atoms with Gasteiger partial charge in [-0.2, -0.15) is 0 Å². The second-order valence-corrected chi connectivity index (χ2v) is 11.4. The Kier molecular flexibility index (Phi) is 11.4. The van der Waals surface area contributed by atoms with Crippen LogP contribution in [0, 0.1) is 11.8 Å². The molecule has 2 saturated heterocycles. The highest BCUT2D eigenvalue weighted by Gasteiger charge is 2.42. The summed E-state index contributed by atoms with van der Waals surface area (Å²) in [6.07, 6.45) is 1.59. The maximum absolute atomic E-state index is 13.6. The van der Waals surface area contributed by atoms with Crippen molar-refractivity contribution in [2.24, 2.45) is 11.8 Å². The molecule has 220 valence electrons. The molecule has 2 heterocycles. The molecule has 4 amide bonds. The second-order valence-electron chi connectivity index (χ2n) is 11.1. The van der Waals surface area contributed by atoms with Crippen molar-refractivity contribution in [1.82, 2.24) is 20.4 Å². The number of alkyl carbamates (subject to hydrolysis) is 1. The van der Waals surface area contributed by atoms with E-state index in [0.29, 0.717) is 38.8 Å². The highest BCUT2D eigenvalue weighted by Crippen LogP contribution is 2.24. The minimum absolute atomic E-state index is 0.0689. The van der Waals surface area contributed by atoms with E-state index in [1.807, 2.05) is 58.0 Å². The number of benzene rings is 1. The quantitative estimate of drug-likeness (QED) is 0.390. The Morgan fingerprint density at radius 1 is 0.850 bits per heavy atom. The number of Topliss-reactive ketones (excluding diaryl/α,β-unsaturated/α-hetero) is 1. The number of amides is 4. The minimum Gasteiger partial charge on any atom is -0.445 e. The monoisotopic (exact) mass is 576 g/mol. The third kappa shape index (κ3) is 7.74. The number of carbonyl (C=O) groups excluding carboxylic acids is 5. The molecule has 0 radical (unpaired) electrons. The predicted molar refractivity (Wildman–Crippen MR) is 150 cm³/mol. The second kappa shape index (κ2) is 14.5. The first kappa shape index (κ1) is 31.4. The fourth-order valence-electron chi connectivity index (χ4n) is 5.28. The number of alkyl halides is 1. The Balaban J connectivity index is 1.66. The fraction of sp³-hybridized carbons (Fsp3) is 0.621. The molecule has 2 aliphatic rings. The summed E-state index contributed by atoms with van der Waals surface area (Å²) in [7, 11) is 0. The molecule has 0 spiro atoms. The van der Waals surface area contributed by atoms with Crippen molar-refractivity contribution in [1.29, 1.82) is 0 Å². The van der Waals surface area contributed by atoms with E-state index in [1.165, 1.54) is 9.80 Å². The van der Waals surface area contributed by atoms with Gasteiger partial charge in [-0.15, -0.1) is 11.6 Å². The Hall–Kier alpha value is -3.14. The van der Waals surface area contributed by atoms with Gasteiger partial charge >= 0.3 is 6.09 Å². The molecule has 4 atom stereocenters. The molecule has 40 heavy (non-hydrogen) atoms. The van der Waals surface area contributed by atoms with Crippen LogP contribution in [0.4, 0.5) is 4.79 Å². The Morgan fingerprint density at radius 2 is 1.38 bits per heavy atom. The van der Waals surface area contributed by atoms with Crippen LogP contribution in [0.15, 0.2) is 30.3 Å². The van der Waals surface area contributed by atoms with Gasteiger partial charge in [-0.3, -0.25) is 19.2 Å². The zero-order valence-electron chi connectivity index (χ0n) is 23.7. The van der Waals surface area contributed by atoms with E-state index >= 15 is 0 Å². The number of likely N-dealkylation sites (tertiary alicyclic amines) is 2. The molecule has 0 aromatic heterocycles. The lowest BCUT2D eigenvalue weighted by molar-refractivity contribution is -0.144. The molecule has 11 heteroatoms. The summed E-state index contributed by atoms with van der Waals surface area (Å²) in [5, 5.41) is 5.54. The standard InChI is InChI=1S/C29H41ClN4O6/c1-18(2)24(27(37)33-14-8-12-21(33)23(35)16-30)31-26(36)22-13-9-15-34(22)28(38)25(19(3)4)32-29(39)40-17-20-10-6-5-7-11-20/h5-7,10-11,18-19,21-22,24-25H,8-9,12-17H2,1-4H3,(H,31,36)(H,32,39)/t21-,22-,24-,25-/m0/s1. The molecule has 0 bridgehead atoms. The predicted octanol–water partition coefficient (Wildman–Crippen LogP) is 2.87. The van der Waals surface area contributed by atoms with Crippen LogP contribution in [0.3, 0.4) is 0 Å². The van der Waals surface area contributed by atoms with Crippen LogP contribution in [-0.2, 0) is 30.5 Å². The van der Waals surface area contributed by atoms with Crippen molar-refractivity contribution >= 4 is 41.2 Å². The lowest BCUT2D eigenvalue weighted by atomic mass is 10.00. The van der Waals surface area contributed by atoms with E-state index in [2.05, 4.69) is 10.6 Å². The molecule has 2 fully saturated rings. The fourth-order valence-corrected chi connectivity index (χ4v) is 5.46. The Labute approximate surface area is 241 Å². The van der Waals surface area contributed by atoms with Crippen molar-refractivity contribution in [2.45, 2.75) is 84.2 Å². The van der Waals surface area contributed by atoms with Crippen LogP contribution < -0.4 is 10.6 Å². The van der Waals surface area contributed by atoms with Crippen molar-refractivity contribution in [2.75, 3.05) is 19.0 Å². The van der Waals surface area contributed by atoms with E-state index in [9.17, 15) is 24.0 Å². The van der Waals surface area contributed by atoms with Gasteiger partial charge < -0.3 is 25.2 Å². The van der Waals surface area contributed by atoms with Gasteiger partial charge in [-0.05, 0) is 43.1 Å². The Bertz CT molecular complexity index is 1070. The first-order valence-corrected chi connectivity index (χ1v) is 14.6. The van der Waals surface area contributed by atoms with Crippen molar-refractivity contribution in [3.05, 3.63) is 35.9 Å². The molecule has 0 aliphatic carbocycles. The molecule has 10 nitrogen and oxygen atoms in total. The number of hydrogen-bond donors (Lipinski definition) is 2. The van der Waals surface area contributed by atoms with E-state index in [-0.39, 0.29) is 41.9 Å². The van der Waals surface area contributed by atoms with Gasteiger partial charge in [-0.25, -0.2) is 4.79 Å². The van der Waals surface area contributed by atoms with Crippen molar-refractivity contribution in [3.8, 4) is 0 Å². The Morgan fingerprint density at radius 3 is 1.93 bits per heavy atom. The molecule has 0 unspecified atom stereocenters. The highest BCUT2D eigenvalue weighted by molar-refractivity contribution is 6.28. The number of nitrogens with zero attached hydrogens (tertiary/aromatic N) is 2. The average molecular weight is 577 g/mol. The number of halogens is 1. The van der Waals surface area contributed by atoms with Gasteiger partial charge in [0.2, 0.25) is 17.7 Å². The maximum Gasteiger partial charge on any atom is 0.408 e. The SMILES string of the molecule is CC(C)[C@H](NC(=O)[C@@H]1CCCN1C(=O)[C@@H](NC(=O)OCc1ccccc1)C(C)C)C(=O)N1CCC[C@H]1C(=O)CCl. The lowest BCUT2D eigenvalue weighted by Crippen LogP contribution is -2.59. The number of rotatable bonds is 11. The average Bonchev–Trinajstić information content (AvgIpc) is 3.63. The molecule has 0 saturated carbocycles. The summed E-state index contributed by atoms with van der Waals surface area (Å²) in [4.78, 5) is 68.3. The zero-order valence-corrected chi connectivity index (χ0v) is 24.5.